The van der Waals surface area contributed by atoms with Crippen LogP contribution in [-0.4, -0.2) is 20.7 Å². The Morgan fingerprint density at radius 1 is 1.07 bits per heavy atom. The maximum absolute atomic E-state index is 12.6. The summed E-state index contributed by atoms with van der Waals surface area (Å²) in [6, 6.07) is 16.0. The molecule has 2 aromatic heterocycles. The zero-order valence-electron chi connectivity index (χ0n) is 15.5. The smallest absolute Gasteiger partial charge is 0.230 e. The molecule has 0 bridgehead atoms. The van der Waals surface area contributed by atoms with Gasteiger partial charge in [-0.15, -0.1) is 0 Å². The fourth-order valence-electron chi connectivity index (χ4n) is 3.22. The number of para-hydroxylation sites is 2. The van der Waals surface area contributed by atoms with Crippen LogP contribution in [0.2, 0.25) is 0 Å². The van der Waals surface area contributed by atoms with Crippen LogP contribution >= 0.6 is 11.3 Å². The van der Waals surface area contributed by atoms with E-state index < -0.39 is 0 Å². The van der Waals surface area contributed by atoms with Crippen LogP contribution in [0.25, 0.3) is 15.9 Å². The van der Waals surface area contributed by atoms with Crippen LogP contribution in [0.3, 0.4) is 0 Å². The second kappa shape index (κ2) is 6.96. The van der Waals surface area contributed by atoms with Crippen LogP contribution in [0.15, 0.2) is 48.5 Å². The first-order valence-corrected chi connectivity index (χ1v) is 9.61. The second-order valence-corrected chi connectivity index (χ2v) is 7.59. The summed E-state index contributed by atoms with van der Waals surface area (Å²) >= 11 is 1.50. The molecule has 0 aliphatic heterocycles. The van der Waals surface area contributed by atoms with E-state index in [0.717, 1.165) is 38.4 Å². The Kier molecular flexibility index (Phi) is 4.49. The highest BCUT2D eigenvalue weighted by molar-refractivity contribution is 7.22. The predicted octanol–water partition coefficient (Wildman–Crippen LogP) is 4.59. The lowest BCUT2D eigenvalue weighted by Gasteiger charge is -2.05. The molecule has 0 saturated heterocycles. The van der Waals surface area contributed by atoms with Gasteiger partial charge >= 0.3 is 0 Å². The molecule has 0 radical (unpaired) electrons. The lowest BCUT2D eigenvalue weighted by molar-refractivity contribution is -0.115. The molecule has 0 unspecified atom stereocenters. The molecule has 0 fully saturated rings. The van der Waals surface area contributed by atoms with Crippen LogP contribution in [0, 0.1) is 20.8 Å². The van der Waals surface area contributed by atoms with E-state index >= 15 is 0 Å². The van der Waals surface area contributed by atoms with Gasteiger partial charge in [0.1, 0.15) is 0 Å². The number of rotatable bonds is 4. The first-order valence-electron chi connectivity index (χ1n) is 8.79. The largest absolute Gasteiger partial charge is 0.302 e. The zero-order chi connectivity index (χ0) is 19.0. The molecule has 5 nitrogen and oxygen atoms in total. The number of hydrogen-bond donors (Lipinski definition) is 1. The molecular formula is C21H20N4OS. The molecule has 0 saturated carbocycles. The normalized spacial score (nSPS) is 11.1. The zero-order valence-corrected chi connectivity index (χ0v) is 16.3. The van der Waals surface area contributed by atoms with E-state index in [1.165, 1.54) is 11.3 Å². The summed E-state index contributed by atoms with van der Waals surface area (Å²) in [5.41, 5.74) is 5.85. The number of carbonyl (C=O) groups is 1. The van der Waals surface area contributed by atoms with Gasteiger partial charge in [-0.3, -0.25) is 4.79 Å². The van der Waals surface area contributed by atoms with Crippen LogP contribution < -0.4 is 5.32 Å². The second-order valence-electron chi connectivity index (χ2n) is 6.56. The number of carbonyl (C=O) groups excluding carboxylic acids is 1. The van der Waals surface area contributed by atoms with E-state index in [9.17, 15) is 4.79 Å². The van der Waals surface area contributed by atoms with Gasteiger partial charge < -0.3 is 5.32 Å². The molecule has 136 valence electrons. The first-order chi connectivity index (χ1) is 13.0. The summed E-state index contributed by atoms with van der Waals surface area (Å²) < 4.78 is 2.97. The van der Waals surface area contributed by atoms with Gasteiger partial charge in [0.15, 0.2) is 5.13 Å². The highest BCUT2D eigenvalue weighted by Gasteiger charge is 2.17. The van der Waals surface area contributed by atoms with Crippen molar-refractivity contribution in [1.29, 1.82) is 0 Å². The van der Waals surface area contributed by atoms with E-state index in [4.69, 9.17) is 0 Å². The van der Waals surface area contributed by atoms with Crippen molar-refractivity contribution in [3.05, 3.63) is 71.0 Å². The van der Waals surface area contributed by atoms with E-state index in [-0.39, 0.29) is 12.3 Å². The van der Waals surface area contributed by atoms with Crippen molar-refractivity contribution in [3.8, 4) is 5.69 Å². The fraction of sp³-hybridized carbons (Fsp3) is 0.190. The number of aryl methyl sites for hydroxylation is 2. The number of thiazole rings is 1. The molecule has 27 heavy (non-hydrogen) atoms. The minimum absolute atomic E-state index is 0.0782. The van der Waals surface area contributed by atoms with Crippen molar-refractivity contribution >= 4 is 32.6 Å². The Hall–Kier alpha value is -2.99. The van der Waals surface area contributed by atoms with Gasteiger partial charge in [-0.05, 0) is 44.5 Å². The highest BCUT2D eigenvalue weighted by atomic mass is 32.1. The molecule has 4 rings (SSSR count). The van der Waals surface area contributed by atoms with Crippen molar-refractivity contribution in [2.24, 2.45) is 0 Å². The van der Waals surface area contributed by atoms with Gasteiger partial charge in [0.25, 0.3) is 0 Å². The molecule has 1 N–H and O–H groups in total. The number of nitrogens with zero attached hydrogens (tertiary/aromatic N) is 3. The van der Waals surface area contributed by atoms with Crippen molar-refractivity contribution in [2.45, 2.75) is 27.2 Å². The van der Waals surface area contributed by atoms with E-state index in [1.807, 2.05) is 74.0 Å². The summed E-state index contributed by atoms with van der Waals surface area (Å²) in [6.07, 6.45) is 0.277. The average Bonchev–Trinajstić information content (AvgIpc) is 3.19. The first kappa shape index (κ1) is 17.4. The summed E-state index contributed by atoms with van der Waals surface area (Å²) in [6.45, 7) is 5.96. The monoisotopic (exact) mass is 376 g/mol. The van der Waals surface area contributed by atoms with Gasteiger partial charge in [-0.25, -0.2) is 9.67 Å². The number of hydrogen-bond acceptors (Lipinski definition) is 4. The number of amides is 1. The van der Waals surface area contributed by atoms with Crippen LogP contribution in [0.5, 0.6) is 0 Å². The predicted molar refractivity (Wildman–Crippen MR) is 110 cm³/mol. The standard InChI is InChI=1S/C21H20N4OS/c1-13-8-7-11-18-20(13)23-21(27-18)22-19(26)12-17-14(2)24-25(15(17)3)16-9-5-4-6-10-16/h4-11H,12H2,1-3H3,(H,22,23,26). The van der Waals surface area contributed by atoms with Crippen molar-refractivity contribution in [3.63, 3.8) is 0 Å². The number of nitrogens with one attached hydrogen (secondary N) is 1. The number of aromatic nitrogens is 3. The Balaban J connectivity index is 1.56. The van der Waals surface area contributed by atoms with Gasteiger partial charge in [0, 0.05) is 11.3 Å². The molecule has 2 aromatic carbocycles. The van der Waals surface area contributed by atoms with Crippen molar-refractivity contribution < 1.29 is 4.79 Å². The Labute approximate surface area is 161 Å². The third-order valence-electron chi connectivity index (χ3n) is 4.65. The molecule has 4 aromatic rings. The third-order valence-corrected chi connectivity index (χ3v) is 5.58. The molecule has 6 heteroatoms. The SMILES string of the molecule is Cc1nn(-c2ccccc2)c(C)c1CC(=O)Nc1nc2c(C)cccc2s1. The number of benzene rings is 2. The molecule has 0 aliphatic carbocycles. The van der Waals surface area contributed by atoms with E-state index in [0.29, 0.717) is 5.13 Å². The minimum atomic E-state index is -0.0782. The lowest BCUT2D eigenvalue weighted by Crippen LogP contribution is -2.15. The summed E-state index contributed by atoms with van der Waals surface area (Å²) in [7, 11) is 0. The maximum atomic E-state index is 12.6. The molecule has 0 spiro atoms. The Morgan fingerprint density at radius 3 is 2.59 bits per heavy atom. The molecule has 2 heterocycles. The number of fused-ring (bicyclic) bond motifs is 1. The minimum Gasteiger partial charge on any atom is -0.302 e. The molecule has 0 atom stereocenters. The van der Waals surface area contributed by atoms with Gasteiger partial charge in [-0.2, -0.15) is 5.10 Å². The summed E-state index contributed by atoms with van der Waals surface area (Å²) in [4.78, 5) is 17.2. The summed E-state index contributed by atoms with van der Waals surface area (Å²) in [5.74, 6) is -0.0782. The number of anilines is 1. The molecule has 1 amide bonds. The lowest BCUT2D eigenvalue weighted by atomic mass is 10.1. The van der Waals surface area contributed by atoms with Gasteiger partial charge in [0.05, 0.1) is 28.0 Å². The van der Waals surface area contributed by atoms with Gasteiger partial charge in [0.2, 0.25) is 5.91 Å². The topological polar surface area (TPSA) is 59.8 Å². The van der Waals surface area contributed by atoms with Crippen molar-refractivity contribution in [1.82, 2.24) is 14.8 Å². The maximum Gasteiger partial charge on any atom is 0.230 e. The highest BCUT2D eigenvalue weighted by Crippen LogP contribution is 2.28. The van der Waals surface area contributed by atoms with Gasteiger partial charge in [-0.1, -0.05) is 41.7 Å². The van der Waals surface area contributed by atoms with E-state index in [2.05, 4.69) is 15.4 Å². The average molecular weight is 376 g/mol. The van der Waals surface area contributed by atoms with Crippen LogP contribution in [-0.2, 0) is 11.2 Å². The Bertz CT molecular complexity index is 1130. The third kappa shape index (κ3) is 3.36. The molecular weight excluding hydrogens is 356 g/mol. The van der Waals surface area contributed by atoms with E-state index in [1.54, 1.807) is 0 Å². The fourth-order valence-corrected chi connectivity index (χ4v) is 4.18. The molecule has 0 aliphatic rings. The van der Waals surface area contributed by atoms with Crippen LogP contribution in [0.4, 0.5) is 5.13 Å². The Morgan fingerprint density at radius 2 is 1.85 bits per heavy atom. The quantitative estimate of drug-likeness (QED) is 0.567. The van der Waals surface area contributed by atoms with Crippen LogP contribution in [0.1, 0.15) is 22.5 Å². The summed E-state index contributed by atoms with van der Waals surface area (Å²) in [5, 5.41) is 8.19. The van der Waals surface area contributed by atoms with Crippen molar-refractivity contribution in [2.75, 3.05) is 5.32 Å².